The van der Waals surface area contributed by atoms with Crippen LogP contribution in [0.15, 0.2) is 70.9 Å². The Bertz CT molecular complexity index is 736. The molecule has 0 radical (unpaired) electrons. The lowest BCUT2D eigenvalue weighted by Gasteiger charge is -2.45. The zero-order valence-corrected chi connectivity index (χ0v) is 16.3. The lowest BCUT2D eigenvalue weighted by molar-refractivity contribution is 0.290. The number of rotatable bonds is 2. The maximum Gasteiger partial charge on any atom is 0.0444 e. The van der Waals surface area contributed by atoms with Gasteiger partial charge in [0.05, 0.1) is 0 Å². The maximum atomic E-state index is 2.54. The molecular weight excluding hydrogens is 300 g/mol. The summed E-state index contributed by atoms with van der Waals surface area (Å²) >= 11 is 0. The van der Waals surface area contributed by atoms with E-state index in [-0.39, 0.29) is 5.41 Å². The van der Waals surface area contributed by atoms with Gasteiger partial charge >= 0.3 is 0 Å². The molecule has 0 saturated heterocycles. The number of hydrogen-bond acceptors (Lipinski definition) is 0. The van der Waals surface area contributed by atoms with Crippen LogP contribution in [0.25, 0.3) is 0 Å². The topological polar surface area (TPSA) is 0 Å². The minimum absolute atomic E-state index is 0.0844. The van der Waals surface area contributed by atoms with Crippen molar-refractivity contribution >= 4 is 0 Å². The van der Waals surface area contributed by atoms with Gasteiger partial charge in [0.2, 0.25) is 0 Å². The normalized spacial score (nSPS) is 40.2. The molecule has 0 saturated carbocycles. The zero-order valence-electron chi connectivity index (χ0n) is 16.3. The first kappa shape index (κ1) is 16.9. The van der Waals surface area contributed by atoms with Crippen molar-refractivity contribution in [1.82, 2.24) is 0 Å². The van der Waals surface area contributed by atoms with Crippen LogP contribution in [0.1, 0.15) is 53.4 Å². The van der Waals surface area contributed by atoms with Gasteiger partial charge in [-0.3, -0.25) is 0 Å². The van der Waals surface area contributed by atoms with E-state index in [1.807, 2.05) is 0 Å². The summed E-state index contributed by atoms with van der Waals surface area (Å²) < 4.78 is 0. The Morgan fingerprint density at radius 2 is 1.68 bits per heavy atom. The second-order valence-electron chi connectivity index (χ2n) is 8.62. The highest BCUT2D eigenvalue weighted by atomic mass is 14.6. The van der Waals surface area contributed by atoms with E-state index >= 15 is 0 Å². The molecule has 4 rings (SSSR count). The van der Waals surface area contributed by atoms with Gasteiger partial charge in [0.25, 0.3) is 0 Å². The summed E-state index contributed by atoms with van der Waals surface area (Å²) in [7, 11) is 0. The summed E-state index contributed by atoms with van der Waals surface area (Å²) in [6.07, 6.45) is 24.1. The van der Waals surface area contributed by atoms with Crippen LogP contribution in [0.3, 0.4) is 0 Å². The van der Waals surface area contributed by atoms with Crippen molar-refractivity contribution in [3.63, 3.8) is 0 Å². The molecule has 0 nitrogen and oxygen atoms in total. The van der Waals surface area contributed by atoms with Crippen LogP contribution >= 0.6 is 0 Å². The van der Waals surface area contributed by atoms with E-state index in [4.69, 9.17) is 0 Å². The van der Waals surface area contributed by atoms with Gasteiger partial charge in [-0.2, -0.15) is 0 Å². The molecule has 0 heterocycles. The first-order chi connectivity index (χ1) is 12.1. The van der Waals surface area contributed by atoms with Crippen LogP contribution in [-0.4, -0.2) is 0 Å². The maximum absolute atomic E-state index is 2.54. The van der Waals surface area contributed by atoms with E-state index in [0.29, 0.717) is 23.7 Å². The van der Waals surface area contributed by atoms with Gasteiger partial charge < -0.3 is 0 Å². The Kier molecular flexibility index (Phi) is 4.26. The molecule has 4 aliphatic rings. The quantitative estimate of drug-likeness (QED) is 0.513. The standard InChI is InChI=1S/C25H32/c1-17-11-8-9-15-22(17)25(21-13-6-5-7-14-21)20(4)19(3)24-18(2)12-10-16-23(24)25/h6,8-10,13-20H,5,7,11-12H2,1-4H3. The SMILES string of the molecule is CC1CC=CC=C1C1(C2=CCCC=C2)C2=C(C(C)CC=C2)C(C)C1C. The molecule has 0 spiro atoms. The highest BCUT2D eigenvalue weighted by molar-refractivity contribution is 5.59. The first-order valence-corrected chi connectivity index (χ1v) is 10.2. The highest BCUT2D eigenvalue weighted by Gasteiger charge is 2.54. The summed E-state index contributed by atoms with van der Waals surface area (Å²) in [5.74, 6) is 2.58. The van der Waals surface area contributed by atoms with Gasteiger partial charge in [-0.05, 0) is 60.5 Å². The van der Waals surface area contributed by atoms with Gasteiger partial charge in [-0.1, -0.05) is 87.4 Å². The summed E-state index contributed by atoms with van der Waals surface area (Å²) in [6.45, 7) is 9.85. The third-order valence-electron chi connectivity index (χ3n) is 7.30. The van der Waals surface area contributed by atoms with Crippen LogP contribution in [0.4, 0.5) is 0 Å². The van der Waals surface area contributed by atoms with Crippen LogP contribution in [0.5, 0.6) is 0 Å². The van der Waals surface area contributed by atoms with Crippen molar-refractivity contribution in [1.29, 1.82) is 0 Å². The van der Waals surface area contributed by atoms with Crippen molar-refractivity contribution in [3.8, 4) is 0 Å². The van der Waals surface area contributed by atoms with Crippen molar-refractivity contribution in [2.24, 2.45) is 29.1 Å². The largest absolute Gasteiger partial charge is 0.0840 e. The third kappa shape index (κ3) is 2.33. The minimum atomic E-state index is 0.0844. The fourth-order valence-corrected chi connectivity index (χ4v) is 6.00. The smallest absolute Gasteiger partial charge is 0.0444 e. The van der Waals surface area contributed by atoms with E-state index in [1.54, 1.807) is 22.3 Å². The van der Waals surface area contributed by atoms with Crippen LogP contribution in [-0.2, 0) is 0 Å². The monoisotopic (exact) mass is 332 g/mol. The van der Waals surface area contributed by atoms with Crippen LogP contribution < -0.4 is 0 Å². The van der Waals surface area contributed by atoms with E-state index in [9.17, 15) is 0 Å². The first-order valence-electron chi connectivity index (χ1n) is 10.2. The molecule has 0 fully saturated rings. The van der Waals surface area contributed by atoms with Crippen LogP contribution in [0, 0.1) is 29.1 Å². The van der Waals surface area contributed by atoms with E-state index < -0.39 is 0 Å². The lowest BCUT2D eigenvalue weighted by Crippen LogP contribution is -2.36. The molecule has 0 aromatic rings. The van der Waals surface area contributed by atoms with Crippen molar-refractivity contribution < 1.29 is 0 Å². The molecule has 0 heteroatoms. The predicted molar refractivity (Wildman–Crippen MR) is 108 cm³/mol. The van der Waals surface area contributed by atoms with E-state index in [2.05, 4.69) is 76.3 Å². The third-order valence-corrected chi connectivity index (χ3v) is 7.30. The molecule has 0 aromatic heterocycles. The van der Waals surface area contributed by atoms with Crippen molar-refractivity contribution in [3.05, 3.63) is 70.9 Å². The van der Waals surface area contributed by atoms with Gasteiger partial charge in [0.1, 0.15) is 0 Å². The molecule has 0 aliphatic heterocycles. The Hall–Kier alpha value is -1.56. The fourth-order valence-electron chi connectivity index (χ4n) is 6.00. The zero-order chi connectivity index (χ0) is 17.6. The molecule has 4 aliphatic carbocycles. The highest BCUT2D eigenvalue weighted by Crippen LogP contribution is 2.64. The van der Waals surface area contributed by atoms with Gasteiger partial charge in [0.15, 0.2) is 0 Å². The van der Waals surface area contributed by atoms with Crippen LogP contribution in [0.2, 0.25) is 0 Å². The Balaban J connectivity index is 2.00. The molecule has 0 bridgehead atoms. The summed E-state index contributed by atoms with van der Waals surface area (Å²) in [5, 5.41) is 0. The van der Waals surface area contributed by atoms with Gasteiger partial charge in [-0.25, -0.2) is 0 Å². The average Bonchev–Trinajstić information content (AvgIpc) is 2.86. The lowest BCUT2D eigenvalue weighted by atomic mass is 9.58. The van der Waals surface area contributed by atoms with E-state index in [1.165, 1.54) is 25.7 Å². The summed E-state index contributed by atoms with van der Waals surface area (Å²) in [6, 6.07) is 0. The minimum Gasteiger partial charge on any atom is -0.0840 e. The predicted octanol–water partition coefficient (Wildman–Crippen LogP) is 6.95. The molecule has 132 valence electrons. The molecular formula is C25H32. The van der Waals surface area contributed by atoms with Gasteiger partial charge in [0, 0.05) is 5.41 Å². The number of hydrogen-bond donors (Lipinski definition) is 0. The molecule has 0 aromatic carbocycles. The van der Waals surface area contributed by atoms with Crippen molar-refractivity contribution in [2.75, 3.05) is 0 Å². The second kappa shape index (κ2) is 6.31. The fraction of sp³-hybridized carbons (Fsp3) is 0.520. The summed E-state index contributed by atoms with van der Waals surface area (Å²) in [4.78, 5) is 0. The Morgan fingerprint density at radius 3 is 2.40 bits per heavy atom. The van der Waals surface area contributed by atoms with Crippen molar-refractivity contribution in [2.45, 2.75) is 53.4 Å². The molecule has 5 atom stereocenters. The Labute approximate surface area is 153 Å². The summed E-state index contributed by atoms with van der Waals surface area (Å²) in [5.41, 5.74) is 6.67. The molecule has 0 amide bonds. The van der Waals surface area contributed by atoms with Gasteiger partial charge in [-0.15, -0.1) is 0 Å². The molecule has 25 heavy (non-hydrogen) atoms. The average molecular weight is 333 g/mol. The van der Waals surface area contributed by atoms with E-state index in [0.717, 1.165) is 0 Å². The Morgan fingerprint density at radius 1 is 0.880 bits per heavy atom. The molecule has 5 unspecified atom stereocenters. The second-order valence-corrected chi connectivity index (χ2v) is 8.62. The molecule has 0 N–H and O–H groups in total. The number of allylic oxidation sites excluding steroid dienone is 12.